The van der Waals surface area contributed by atoms with Crippen LogP contribution < -0.4 is 5.32 Å². The van der Waals surface area contributed by atoms with Crippen LogP contribution in [0.4, 0.5) is 14.5 Å². The van der Waals surface area contributed by atoms with Crippen LogP contribution in [0.5, 0.6) is 0 Å². The van der Waals surface area contributed by atoms with E-state index in [1.165, 1.54) is 36.4 Å². The molecule has 146 valence electrons. The average Bonchev–Trinajstić information content (AvgIpc) is 3.05. The number of nitrogens with zero attached hydrogens (tertiary/aromatic N) is 1. The number of hydrogen-bond donors (Lipinski definition) is 1. The number of amides is 2. The van der Waals surface area contributed by atoms with E-state index in [1.54, 1.807) is 29.2 Å². The molecule has 6 heteroatoms. The summed E-state index contributed by atoms with van der Waals surface area (Å²) in [5.41, 5.74) is 2.63. The summed E-state index contributed by atoms with van der Waals surface area (Å²) < 4.78 is 26.5. The van der Waals surface area contributed by atoms with E-state index in [2.05, 4.69) is 5.32 Å². The van der Waals surface area contributed by atoms with E-state index in [4.69, 9.17) is 0 Å². The maximum Gasteiger partial charge on any atom is 0.255 e. The van der Waals surface area contributed by atoms with Crippen LogP contribution in [0.25, 0.3) is 0 Å². The quantitative estimate of drug-likeness (QED) is 0.685. The van der Waals surface area contributed by atoms with Crippen LogP contribution in [0.2, 0.25) is 0 Å². The zero-order valence-corrected chi connectivity index (χ0v) is 15.4. The first-order valence-corrected chi connectivity index (χ1v) is 9.21. The van der Waals surface area contributed by atoms with Gasteiger partial charge in [-0.15, -0.1) is 0 Å². The van der Waals surface area contributed by atoms with Gasteiger partial charge in [-0.05, 0) is 53.6 Å². The third-order valence-corrected chi connectivity index (χ3v) is 4.99. The minimum absolute atomic E-state index is 0.0112. The standard InChI is InChI=1S/C23H18F2N2O2/c24-17-7-5-15(6-8-17)21(13-22(28)26-19-11-9-18(25)10-12-19)27-14-16-3-1-2-4-20(16)23(27)29/h1-12,21H,13-14H2,(H,26,28)/t21-/m1/s1. The number of fused-ring (bicyclic) bond motifs is 1. The molecule has 1 heterocycles. The number of hydrogen-bond acceptors (Lipinski definition) is 2. The van der Waals surface area contributed by atoms with Gasteiger partial charge in [0.2, 0.25) is 5.91 Å². The van der Waals surface area contributed by atoms with Gasteiger partial charge in [0, 0.05) is 17.8 Å². The van der Waals surface area contributed by atoms with Gasteiger partial charge in [-0.2, -0.15) is 0 Å². The Bertz CT molecular complexity index is 1050. The second-order valence-corrected chi connectivity index (χ2v) is 6.92. The van der Waals surface area contributed by atoms with Crippen molar-refractivity contribution in [3.63, 3.8) is 0 Å². The topological polar surface area (TPSA) is 49.4 Å². The second-order valence-electron chi connectivity index (χ2n) is 6.92. The molecule has 0 unspecified atom stereocenters. The lowest BCUT2D eigenvalue weighted by Gasteiger charge is -2.28. The number of anilines is 1. The van der Waals surface area contributed by atoms with Gasteiger partial charge >= 0.3 is 0 Å². The SMILES string of the molecule is O=C(C[C@H](c1ccc(F)cc1)N1Cc2ccccc2C1=O)Nc1ccc(F)cc1. The third-order valence-electron chi connectivity index (χ3n) is 4.99. The molecule has 1 aliphatic rings. The summed E-state index contributed by atoms with van der Waals surface area (Å²) in [4.78, 5) is 27.2. The molecule has 0 radical (unpaired) electrons. The lowest BCUT2D eigenvalue weighted by Crippen LogP contribution is -2.32. The first kappa shape index (κ1) is 18.8. The Kier molecular flexibility index (Phi) is 5.08. The summed E-state index contributed by atoms with van der Waals surface area (Å²) in [6.45, 7) is 0.376. The minimum atomic E-state index is -0.559. The van der Waals surface area contributed by atoms with E-state index in [0.717, 1.165) is 5.56 Å². The van der Waals surface area contributed by atoms with Crippen LogP contribution in [0.3, 0.4) is 0 Å². The van der Waals surface area contributed by atoms with E-state index in [0.29, 0.717) is 23.4 Å². The molecule has 4 nitrogen and oxygen atoms in total. The fourth-order valence-corrected chi connectivity index (χ4v) is 3.54. The summed E-state index contributed by atoms with van der Waals surface area (Å²) in [5, 5.41) is 2.72. The second kappa shape index (κ2) is 7.83. The van der Waals surface area contributed by atoms with Crippen molar-refractivity contribution in [3.8, 4) is 0 Å². The predicted octanol–water partition coefficient (Wildman–Crippen LogP) is 4.69. The van der Waals surface area contributed by atoms with Crippen molar-refractivity contribution in [3.05, 3.63) is 101 Å². The van der Waals surface area contributed by atoms with Crippen LogP contribution in [0, 0.1) is 11.6 Å². The Morgan fingerprint density at radius 2 is 1.55 bits per heavy atom. The Morgan fingerprint density at radius 1 is 0.931 bits per heavy atom. The zero-order valence-electron chi connectivity index (χ0n) is 15.4. The molecule has 0 saturated heterocycles. The smallest absolute Gasteiger partial charge is 0.255 e. The van der Waals surface area contributed by atoms with Crippen LogP contribution in [-0.2, 0) is 11.3 Å². The normalized spacial score (nSPS) is 13.9. The molecular weight excluding hydrogens is 374 g/mol. The number of nitrogens with one attached hydrogen (secondary N) is 1. The monoisotopic (exact) mass is 392 g/mol. The van der Waals surface area contributed by atoms with Crippen molar-refractivity contribution in [1.82, 2.24) is 4.90 Å². The van der Waals surface area contributed by atoms with Crippen molar-refractivity contribution in [2.24, 2.45) is 0 Å². The number of halogens is 2. The fourth-order valence-electron chi connectivity index (χ4n) is 3.54. The van der Waals surface area contributed by atoms with Crippen LogP contribution in [0.15, 0.2) is 72.8 Å². The van der Waals surface area contributed by atoms with Gasteiger partial charge in [-0.3, -0.25) is 9.59 Å². The van der Waals surface area contributed by atoms with Crippen molar-refractivity contribution >= 4 is 17.5 Å². The molecule has 29 heavy (non-hydrogen) atoms. The van der Waals surface area contributed by atoms with Gasteiger partial charge in [0.05, 0.1) is 12.5 Å². The van der Waals surface area contributed by atoms with Crippen molar-refractivity contribution in [1.29, 1.82) is 0 Å². The van der Waals surface area contributed by atoms with Gasteiger partial charge < -0.3 is 10.2 Å². The van der Waals surface area contributed by atoms with Crippen LogP contribution in [-0.4, -0.2) is 16.7 Å². The third kappa shape index (κ3) is 4.01. The van der Waals surface area contributed by atoms with Crippen molar-refractivity contribution in [2.75, 3.05) is 5.32 Å². The molecule has 1 N–H and O–H groups in total. The Labute approximate surface area is 166 Å². The van der Waals surface area contributed by atoms with E-state index in [1.807, 2.05) is 12.1 Å². The molecule has 3 aromatic carbocycles. The highest BCUT2D eigenvalue weighted by Crippen LogP contribution is 2.33. The van der Waals surface area contributed by atoms with Gasteiger partial charge in [-0.1, -0.05) is 30.3 Å². The van der Waals surface area contributed by atoms with Gasteiger partial charge in [0.1, 0.15) is 11.6 Å². The average molecular weight is 392 g/mol. The number of carbonyl (C=O) groups is 2. The van der Waals surface area contributed by atoms with Crippen molar-refractivity contribution in [2.45, 2.75) is 19.0 Å². The predicted molar refractivity (Wildman–Crippen MR) is 105 cm³/mol. The van der Waals surface area contributed by atoms with Crippen molar-refractivity contribution < 1.29 is 18.4 Å². The molecule has 0 saturated carbocycles. The van der Waals surface area contributed by atoms with E-state index < -0.39 is 11.9 Å². The molecule has 0 aromatic heterocycles. The fraction of sp³-hybridized carbons (Fsp3) is 0.130. The molecule has 1 atom stereocenters. The summed E-state index contributed by atoms with van der Waals surface area (Å²) in [6, 6.07) is 18.0. The minimum Gasteiger partial charge on any atom is -0.327 e. The molecule has 3 aromatic rings. The highest BCUT2D eigenvalue weighted by Gasteiger charge is 2.34. The molecule has 0 aliphatic carbocycles. The number of benzene rings is 3. The van der Waals surface area contributed by atoms with Crippen LogP contribution >= 0.6 is 0 Å². The van der Waals surface area contributed by atoms with Gasteiger partial charge in [0.25, 0.3) is 5.91 Å². The Morgan fingerprint density at radius 3 is 2.21 bits per heavy atom. The first-order valence-electron chi connectivity index (χ1n) is 9.21. The van der Waals surface area contributed by atoms with Gasteiger partial charge in [-0.25, -0.2) is 8.78 Å². The van der Waals surface area contributed by atoms with Crippen LogP contribution in [0.1, 0.15) is 33.9 Å². The summed E-state index contributed by atoms with van der Waals surface area (Å²) in [7, 11) is 0. The first-order chi connectivity index (χ1) is 14.0. The lowest BCUT2D eigenvalue weighted by molar-refractivity contribution is -0.117. The summed E-state index contributed by atoms with van der Waals surface area (Å²) in [5.74, 6) is -1.27. The highest BCUT2D eigenvalue weighted by molar-refractivity contribution is 5.99. The molecule has 4 rings (SSSR count). The molecule has 0 bridgehead atoms. The Balaban J connectivity index is 1.59. The Hall–Kier alpha value is -3.54. The maximum absolute atomic E-state index is 13.4. The maximum atomic E-state index is 13.4. The summed E-state index contributed by atoms with van der Waals surface area (Å²) >= 11 is 0. The molecule has 0 fully saturated rings. The van der Waals surface area contributed by atoms with Gasteiger partial charge in [0.15, 0.2) is 0 Å². The largest absolute Gasteiger partial charge is 0.327 e. The molecule has 2 amide bonds. The molecule has 0 spiro atoms. The van der Waals surface area contributed by atoms with E-state index >= 15 is 0 Å². The number of carbonyl (C=O) groups excluding carboxylic acids is 2. The highest BCUT2D eigenvalue weighted by atomic mass is 19.1. The molecule has 1 aliphatic heterocycles. The van der Waals surface area contributed by atoms with E-state index in [9.17, 15) is 18.4 Å². The zero-order chi connectivity index (χ0) is 20.4. The summed E-state index contributed by atoms with van der Waals surface area (Å²) in [6.07, 6.45) is -0.0112. The number of rotatable bonds is 5. The lowest BCUT2D eigenvalue weighted by atomic mass is 10.0. The van der Waals surface area contributed by atoms with E-state index in [-0.39, 0.29) is 24.1 Å². The molecular formula is C23H18F2N2O2.